The summed E-state index contributed by atoms with van der Waals surface area (Å²) in [5, 5.41) is 11.2. The van der Waals surface area contributed by atoms with Crippen molar-refractivity contribution in [3.8, 4) is 5.75 Å². The first-order valence-corrected chi connectivity index (χ1v) is 5.11. The summed E-state index contributed by atoms with van der Waals surface area (Å²) >= 11 is 0. The van der Waals surface area contributed by atoms with Crippen LogP contribution in [0.25, 0.3) is 0 Å². The Kier molecular flexibility index (Phi) is 2.94. The van der Waals surface area contributed by atoms with Crippen molar-refractivity contribution in [3.63, 3.8) is 0 Å². The molecule has 0 aliphatic heterocycles. The fraction of sp³-hybridized carbons (Fsp3) is 0.364. The van der Waals surface area contributed by atoms with Gasteiger partial charge in [0.05, 0.1) is 6.61 Å². The zero-order valence-electron chi connectivity index (χ0n) is 8.69. The third-order valence-electron chi connectivity index (χ3n) is 2.51. The van der Waals surface area contributed by atoms with Gasteiger partial charge in [-0.05, 0) is 37.0 Å². The Morgan fingerprint density at radius 2 is 2.31 bits per heavy atom. The average molecular weight is 224 g/mol. The molecule has 3 N–H and O–H groups in total. The fourth-order valence-electron chi connectivity index (χ4n) is 1.33. The molecule has 5 heteroatoms. The monoisotopic (exact) mass is 224 g/mol. The first-order valence-electron chi connectivity index (χ1n) is 5.11. The van der Waals surface area contributed by atoms with Crippen LogP contribution in [0.15, 0.2) is 23.4 Å². The lowest BCUT2D eigenvalue weighted by Gasteiger charge is -2.07. The van der Waals surface area contributed by atoms with Gasteiger partial charge < -0.3 is 15.7 Å². The molecule has 0 heterocycles. The van der Waals surface area contributed by atoms with Crippen molar-refractivity contribution in [2.45, 2.75) is 12.8 Å². The van der Waals surface area contributed by atoms with Crippen LogP contribution in [0, 0.1) is 11.7 Å². The Bertz CT molecular complexity index is 416. The summed E-state index contributed by atoms with van der Waals surface area (Å²) in [7, 11) is 0. The second-order valence-corrected chi connectivity index (χ2v) is 3.88. The highest BCUT2D eigenvalue weighted by molar-refractivity contribution is 5.97. The topological polar surface area (TPSA) is 67.8 Å². The second kappa shape index (κ2) is 4.38. The summed E-state index contributed by atoms with van der Waals surface area (Å²) in [6.07, 6.45) is 2.31. The highest BCUT2D eigenvalue weighted by atomic mass is 19.1. The number of nitrogens with two attached hydrogens (primary N) is 1. The van der Waals surface area contributed by atoms with E-state index in [1.165, 1.54) is 12.1 Å². The number of benzene rings is 1. The smallest absolute Gasteiger partial charge is 0.170 e. The van der Waals surface area contributed by atoms with Crippen LogP contribution in [0.5, 0.6) is 5.75 Å². The standard InChI is InChI=1S/C11H13FN2O2/c12-9-5-8(11(13)14-15)3-4-10(9)16-6-7-1-2-7/h3-5,7,15H,1-2,6H2,(H2,13,14). The van der Waals surface area contributed by atoms with Crippen LogP contribution in [0.3, 0.4) is 0 Å². The number of hydrogen-bond acceptors (Lipinski definition) is 3. The molecular formula is C11H13FN2O2. The predicted octanol–water partition coefficient (Wildman–Crippen LogP) is 1.71. The van der Waals surface area contributed by atoms with Gasteiger partial charge in [-0.15, -0.1) is 0 Å². The molecule has 0 spiro atoms. The molecule has 2 rings (SSSR count). The highest BCUT2D eigenvalue weighted by Gasteiger charge is 2.22. The van der Waals surface area contributed by atoms with Gasteiger partial charge in [0.25, 0.3) is 0 Å². The Balaban J connectivity index is 2.08. The summed E-state index contributed by atoms with van der Waals surface area (Å²) in [5.74, 6) is 0.168. The number of oxime groups is 1. The average Bonchev–Trinajstić information content (AvgIpc) is 3.10. The maximum atomic E-state index is 13.5. The SMILES string of the molecule is N/C(=N\O)c1ccc(OCC2CC2)c(F)c1. The van der Waals surface area contributed by atoms with Crippen molar-refractivity contribution in [1.29, 1.82) is 0 Å². The van der Waals surface area contributed by atoms with Crippen molar-refractivity contribution >= 4 is 5.84 Å². The highest BCUT2D eigenvalue weighted by Crippen LogP contribution is 2.30. The minimum absolute atomic E-state index is 0.118. The molecule has 1 aliphatic rings. The van der Waals surface area contributed by atoms with Crippen LogP contribution >= 0.6 is 0 Å². The molecule has 16 heavy (non-hydrogen) atoms. The minimum atomic E-state index is -0.496. The molecule has 0 unspecified atom stereocenters. The summed E-state index contributed by atoms with van der Waals surface area (Å²) in [6.45, 7) is 0.555. The third kappa shape index (κ3) is 2.42. The molecule has 0 atom stereocenters. The van der Waals surface area contributed by atoms with Gasteiger partial charge in [-0.3, -0.25) is 0 Å². The van der Waals surface area contributed by atoms with Crippen LogP contribution in [-0.2, 0) is 0 Å². The van der Waals surface area contributed by atoms with Crippen LogP contribution in [-0.4, -0.2) is 17.6 Å². The molecule has 1 aliphatic carbocycles. The van der Waals surface area contributed by atoms with Gasteiger partial charge in [-0.25, -0.2) is 4.39 Å². The lowest BCUT2D eigenvalue weighted by atomic mass is 10.2. The predicted molar refractivity (Wildman–Crippen MR) is 57.1 cm³/mol. The summed E-state index contributed by atoms with van der Waals surface area (Å²) in [6, 6.07) is 4.24. The van der Waals surface area contributed by atoms with Crippen molar-refractivity contribution in [2.75, 3.05) is 6.61 Å². The van der Waals surface area contributed by atoms with E-state index in [1.807, 2.05) is 0 Å². The zero-order chi connectivity index (χ0) is 11.5. The lowest BCUT2D eigenvalue weighted by Crippen LogP contribution is -2.13. The van der Waals surface area contributed by atoms with Gasteiger partial charge in [-0.2, -0.15) is 0 Å². The fourth-order valence-corrected chi connectivity index (χ4v) is 1.33. The van der Waals surface area contributed by atoms with E-state index in [0.717, 1.165) is 12.8 Å². The van der Waals surface area contributed by atoms with Crippen LogP contribution < -0.4 is 10.5 Å². The molecule has 1 aromatic carbocycles. The van der Waals surface area contributed by atoms with E-state index >= 15 is 0 Å². The maximum absolute atomic E-state index is 13.5. The number of halogens is 1. The first kappa shape index (κ1) is 10.7. The molecule has 0 radical (unpaired) electrons. The molecule has 1 saturated carbocycles. The van der Waals surface area contributed by atoms with Crippen LogP contribution in [0.2, 0.25) is 0 Å². The van der Waals surface area contributed by atoms with E-state index in [0.29, 0.717) is 18.1 Å². The van der Waals surface area contributed by atoms with E-state index in [9.17, 15) is 4.39 Å². The van der Waals surface area contributed by atoms with Crippen molar-refractivity contribution in [1.82, 2.24) is 0 Å². The quantitative estimate of drug-likeness (QED) is 0.354. The van der Waals surface area contributed by atoms with Gasteiger partial charge in [0.2, 0.25) is 0 Å². The molecular weight excluding hydrogens is 211 g/mol. The summed E-state index contributed by atoms with van der Waals surface area (Å²) < 4.78 is 18.8. The van der Waals surface area contributed by atoms with E-state index in [1.54, 1.807) is 6.07 Å². The number of nitrogens with zero attached hydrogens (tertiary/aromatic N) is 1. The summed E-state index contributed by atoms with van der Waals surface area (Å²) in [4.78, 5) is 0. The van der Waals surface area contributed by atoms with Crippen LogP contribution in [0.1, 0.15) is 18.4 Å². The third-order valence-corrected chi connectivity index (χ3v) is 2.51. The zero-order valence-corrected chi connectivity index (χ0v) is 8.69. The van der Waals surface area contributed by atoms with Crippen molar-refractivity contribution in [3.05, 3.63) is 29.6 Å². The second-order valence-electron chi connectivity index (χ2n) is 3.88. The molecule has 0 saturated heterocycles. The largest absolute Gasteiger partial charge is 0.490 e. The number of rotatable bonds is 4. The number of ether oxygens (including phenoxy) is 1. The Hall–Kier alpha value is -1.78. The number of amidine groups is 1. The van der Waals surface area contributed by atoms with Crippen molar-refractivity contribution in [2.24, 2.45) is 16.8 Å². The normalized spacial score (nSPS) is 16.2. The van der Waals surface area contributed by atoms with Gasteiger partial charge >= 0.3 is 0 Å². The summed E-state index contributed by atoms with van der Waals surface area (Å²) in [5.41, 5.74) is 5.67. The van der Waals surface area contributed by atoms with E-state index in [-0.39, 0.29) is 11.6 Å². The minimum Gasteiger partial charge on any atom is -0.490 e. The van der Waals surface area contributed by atoms with Crippen LogP contribution in [0.4, 0.5) is 4.39 Å². The molecule has 4 nitrogen and oxygen atoms in total. The first-order chi connectivity index (χ1) is 7.70. The van der Waals surface area contributed by atoms with Gasteiger partial charge in [0.15, 0.2) is 17.4 Å². The van der Waals surface area contributed by atoms with Gasteiger partial charge in [-0.1, -0.05) is 5.16 Å². The molecule has 0 bridgehead atoms. The molecule has 86 valence electrons. The Morgan fingerprint density at radius 1 is 1.56 bits per heavy atom. The Morgan fingerprint density at radius 3 is 2.88 bits per heavy atom. The molecule has 1 fully saturated rings. The van der Waals surface area contributed by atoms with Gasteiger partial charge in [0, 0.05) is 5.56 Å². The molecule has 1 aromatic rings. The van der Waals surface area contributed by atoms with E-state index in [2.05, 4.69) is 5.16 Å². The van der Waals surface area contributed by atoms with E-state index in [4.69, 9.17) is 15.7 Å². The maximum Gasteiger partial charge on any atom is 0.170 e. The van der Waals surface area contributed by atoms with E-state index < -0.39 is 5.82 Å². The van der Waals surface area contributed by atoms with Crippen molar-refractivity contribution < 1.29 is 14.3 Å². The lowest BCUT2D eigenvalue weighted by molar-refractivity contribution is 0.285. The molecule has 0 aromatic heterocycles. The molecule has 0 amide bonds. The number of hydrogen-bond donors (Lipinski definition) is 2. The Labute approximate surface area is 92.5 Å². The van der Waals surface area contributed by atoms with Gasteiger partial charge in [0.1, 0.15) is 0 Å².